The Labute approximate surface area is 190 Å². The second-order valence-corrected chi connectivity index (χ2v) is 10.0. The molecular weight excluding hydrogens is 420 g/mol. The van der Waals surface area contributed by atoms with Crippen molar-refractivity contribution in [3.63, 3.8) is 0 Å². The molecule has 1 unspecified atom stereocenters. The lowest BCUT2D eigenvalue weighted by molar-refractivity contribution is -0.120. The first kappa shape index (κ1) is 22.1. The van der Waals surface area contributed by atoms with Crippen LogP contribution in [0.3, 0.4) is 0 Å². The number of para-hydroxylation sites is 1. The fraction of sp³-hybridized carbons (Fsp3) is 0.269. The highest BCUT2D eigenvalue weighted by molar-refractivity contribution is 7.92. The molecule has 1 aliphatic carbocycles. The van der Waals surface area contributed by atoms with E-state index >= 15 is 0 Å². The van der Waals surface area contributed by atoms with Gasteiger partial charge < -0.3 is 5.32 Å². The number of hydrogen-bond donors (Lipinski definition) is 1. The zero-order valence-corrected chi connectivity index (χ0v) is 19.0. The van der Waals surface area contributed by atoms with Crippen LogP contribution in [-0.2, 0) is 27.7 Å². The highest BCUT2D eigenvalue weighted by Gasteiger charge is 2.27. The minimum atomic E-state index is -3.89. The second-order valence-electron chi connectivity index (χ2n) is 8.18. The van der Waals surface area contributed by atoms with E-state index in [-0.39, 0.29) is 23.4 Å². The van der Waals surface area contributed by atoms with Crippen LogP contribution in [0, 0.1) is 0 Å². The van der Waals surface area contributed by atoms with Gasteiger partial charge in [0, 0.05) is 0 Å². The summed E-state index contributed by atoms with van der Waals surface area (Å²) in [7, 11) is -3.89. The summed E-state index contributed by atoms with van der Waals surface area (Å²) in [4.78, 5) is 13.1. The SMILES string of the molecule is CC(NC(=O)CN(c1ccccc1)S(=O)(=O)c1ccccc1)c1ccc2c(c1)CCCC2. The molecule has 3 aromatic rings. The highest BCUT2D eigenvalue weighted by atomic mass is 32.2. The Morgan fingerprint density at radius 2 is 1.53 bits per heavy atom. The summed E-state index contributed by atoms with van der Waals surface area (Å²) < 4.78 is 27.8. The molecular formula is C26H28N2O3S. The predicted molar refractivity (Wildman–Crippen MR) is 127 cm³/mol. The van der Waals surface area contributed by atoms with Crippen LogP contribution >= 0.6 is 0 Å². The molecule has 6 heteroatoms. The van der Waals surface area contributed by atoms with Crippen molar-refractivity contribution in [2.24, 2.45) is 0 Å². The third-order valence-corrected chi connectivity index (χ3v) is 7.70. The second kappa shape index (κ2) is 9.57. The summed E-state index contributed by atoms with van der Waals surface area (Å²) in [5, 5.41) is 2.98. The van der Waals surface area contributed by atoms with Crippen molar-refractivity contribution in [3.05, 3.63) is 95.6 Å². The van der Waals surface area contributed by atoms with Gasteiger partial charge in [0.05, 0.1) is 16.6 Å². The number of fused-ring (bicyclic) bond motifs is 1. The summed E-state index contributed by atoms with van der Waals surface area (Å²) in [5.74, 6) is -0.349. The molecule has 3 aromatic carbocycles. The normalized spacial score (nSPS) is 14.3. The van der Waals surface area contributed by atoms with Gasteiger partial charge in [-0.2, -0.15) is 0 Å². The number of aryl methyl sites for hydroxylation is 2. The van der Waals surface area contributed by atoms with Gasteiger partial charge in [-0.05, 0) is 73.6 Å². The van der Waals surface area contributed by atoms with Crippen LogP contribution in [0.1, 0.15) is 42.5 Å². The zero-order valence-electron chi connectivity index (χ0n) is 18.2. The Morgan fingerprint density at radius 1 is 0.906 bits per heavy atom. The maximum atomic E-state index is 13.3. The van der Waals surface area contributed by atoms with Gasteiger partial charge in [0.1, 0.15) is 6.54 Å². The quantitative estimate of drug-likeness (QED) is 0.573. The van der Waals surface area contributed by atoms with Gasteiger partial charge in [-0.1, -0.05) is 54.6 Å². The van der Waals surface area contributed by atoms with Crippen LogP contribution in [0.15, 0.2) is 83.8 Å². The molecule has 1 amide bonds. The van der Waals surface area contributed by atoms with Crippen molar-refractivity contribution in [1.82, 2.24) is 5.32 Å². The molecule has 0 aliphatic heterocycles. The summed E-state index contributed by atoms with van der Waals surface area (Å²) in [6, 6.07) is 23.1. The standard InChI is InChI=1S/C26H28N2O3S/c1-20(22-17-16-21-10-8-9-11-23(21)18-22)27-26(29)19-28(24-12-4-2-5-13-24)32(30,31)25-14-6-3-7-15-25/h2-7,12-18,20H,8-11,19H2,1H3,(H,27,29). The van der Waals surface area contributed by atoms with Gasteiger partial charge in [0.2, 0.25) is 5.91 Å². The summed E-state index contributed by atoms with van der Waals surface area (Å²) in [6.07, 6.45) is 4.60. The van der Waals surface area contributed by atoms with E-state index < -0.39 is 10.0 Å². The molecule has 0 saturated carbocycles. The number of anilines is 1. The van der Waals surface area contributed by atoms with E-state index in [0.29, 0.717) is 5.69 Å². The van der Waals surface area contributed by atoms with E-state index in [2.05, 4.69) is 23.5 Å². The van der Waals surface area contributed by atoms with Gasteiger partial charge in [-0.15, -0.1) is 0 Å². The smallest absolute Gasteiger partial charge is 0.264 e. The maximum Gasteiger partial charge on any atom is 0.264 e. The molecule has 0 radical (unpaired) electrons. The van der Waals surface area contributed by atoms with Crippen LogP contribution in [0.2, 0.25) is 0 Å². The molecule has 0 aromatic heterocycles. The van der Waals surface area contributed by atoms with E-state index in [1.165, 1.54) is 24.0 Å². The lowest BCUT2D eigenvalue weighted by Gasteiger charge is -2.25. The molecule has 0 bridgehead atoms. The molecule has 0 spiro atoms. The summed E-state index contributed by atoms with van der Waals surface area (Å²) in [6.45, 7) is 1.64. The zero-order chi connectivity index (χ0) is 22.6. The molecule has 32 heavy (non-hydrogen) atoms. The highest BCUT2D eigenvalue weighted by Crippen LogP contribution is 2.26. The van der Waals surface area contributed by atoms with Gasteiger partial charge in [0.25, 0.3) is 10.0 Å². The Bertz CT molecular complexity index is 1180. The molecule has 0 saturated heterocycles. The average molecular weight is 449 g/mol. The first-order valence-electron chi connectivity index (χ1n) is 11.0. The summed E-state index contributed by atoms with van der Waals surface area (Å²) >= 11 is 0. The molecule has 0 heterocycles. The Balaban J connectivity index is 1.54. The number of sulfonamides is 1. The maximum absolute atomic E-state index is 13.3. The topological polar surface area (TPSA) is 66.5 Å². The Morgan fingerprint density at radius 3 is 2.22 bits per heavy atom. The monoisotopic (exact) mass is 448 g/mol. The molecule has 5 nitrogen and oxygen atoms in total. The van der Waals surface area contributed by atoms with Crippen LogP contribution in [-0.4, -0.2) is 20.9 Å². The van der Waals surface area contributed by atoms with Crippen LogP contribution in [0.25, 0.3) is 0 Å². The fourth-order valence-electron chi connectivity index (χ4n) is 4.15. The van der Waals surface area contributed by atoms with Crippen molar-refractivity contribution in [1.29, 1.82) is 0 Å². The van der Waals surface area contributed by atoms with Crippen LogP contribution in [0.5, 0.6) is 0 Å². The molecule has 1 N–H and O–H groups in total. The van der Waals surface area contributed by atoms with Gasteiger partial charge in [0.15, 0.2) is 0 Å². The summed E-state index contributed by atoms with van der Waals surface area (Å²) in [5.41, 5.74) is 4.24. The third-order valence-electron chi connectivity index (χ3n) is 5.91. The number of nitrogens with one attached hydrogen (secondary N) is 1. The number of hydrogen-bond acceptors (Lipinski definition) is 3. The lowest BCUT2D eigenvalue weighted by atomic mass is 9.89. The van der Waals surface area contributed by atoms with Crippen molar-refractivity contribution in [2.75, 3.05) is 10.8 Å². The van der Waals surface area contributed by atoms with Crippen molar-refractivity contribution in [3.8, 4) is 0 Å². The van der Waals surface area contributed by atoms with Gasteiger partial charge >= 0.3 is 0 Å². The molecule has 1 aliphatic rings. The number of benzene rings is 3. The van der Waals surface area contributed by atoms with E-state index in [4.69, 9.17) is 0 Å². The van der Waals surface area contributed by atoms with E-state index in [0.717, 1.165) is 22.7 Å². The minimum Gasteiger partial charge on any atom is -0.348 e. The number of carbonyl (C=O) groups excluding carboxylic acids is 1. The van der Waals surface area contributed by atoms with E-state index in [9.17, 15) is 13.2 Å². The number of rotatable bonds is 7. The first-order chi connectivity index (χ1) is 15.4. The Kier molecular flexibility index (Phi) is 6.61. The van der Waals surface area contributed by atoms with Crippen molar-refractivity contribution >= 4 is 21.6 Å². The largest absolute Gasteiger partial charge is 0.348 e. The average Bonchev–Trinajstić information content (AvgIpc) is 2.83. The number of carbonyl (C=O) groups is 1. The van der Waals surface area contributed by atoms with E-state index in [1.54, 1.807) is 54.6 Å². The van der Waals surface area contributed by atoms with E-state index in [1.807, 2.05) is 13.0 Å². The lowest BCUT2D eigenvalue weighted by Crippen LogP contribution is -2.41. The van der Waals surface area contributed by atoms with Crippen LogP contribution in [0.4, 0.5) is 5.69 Å². The van der Waals surface area contributed by atoms with Crippen LogP contribution < -0.4 is 9.62 Å². The van der Waals surface area contributed by atoms with Crippen molar-refractivity contribution < 1.29 is 13.2 Å². The molecule has 4 rings (SSSR count). The molecule has 0 fully saturated rings. The number of nitrogens with zero attached hydrogens (tertiary/aromatic N) is 1. The Hall–Kier alpha value is -3.12. The first-order valence-corrected chi connectivity index (χ1v) is 12.4. The molecule has 166 valence electrons. The number of amides is 1. The minimum absolute atomic E-state index is 0.152. The third kappa shape index (κ3) is 4.86. The van der Waals surface area contributed by atoms with Gasteiger partial charge in [-0.25, -0.2) is 8.42 Å². The predicted octanol–water partition coefficient (Wildman–Crippen LogP) is 4.64. The molecule has 1 atom stereocenters. The van der Waals surface area contributed by atoms with Gasteiger partial charge in [-0.3, -0.25) is 9.10 Å². The fourth-order valence-corrected chi connectivity index (χ4v) is 5.59. The van der Waals surface area contributed by atoms with Crippen molar-refractivity contribution in [2.45, 2.75) is 43.5 Å².